The molecule has 3 rings (SSSR count). The topological polar surface area (TPSA) is 89.0 Å². The van der Waals surface area contributed by atoms with Crippen molar-refractivity contribution in [3.8, 4) is 11.5 Å². The van der Waals surface area contributed by atoms with E-state index in [0.29, 0.717) is 61.3 Å². The van der Waals surface area contributed by atoms with Crippen LogP contribution >= 0.6 is 11.6 Å². The average molecular weight is 395 g/mol. The normalized spacial score (nSPS) is 14.2. The largest absolute Gasteiger partial charge is 0.452 e. The Balaban J connectivity index is 1.73. The zero-order chi connectivity index (χ0) is 18.9. The molecular formula is C18H23ClN4O4. The summed E-state index contributed by atoms with van der Waals surface area (Å²) in [4.78, 5) is 11.1. The molecule has 2 heterocycles. The van der Waals surface area contributed by atoms with Crippen LogP contribution < -0.4 is 15.0 Å². The number of nitrogens with one attached hydrogen (secondary N) is 1. The number of nitrogens with zero attached hydrogens (tertiary/aromatic N) is 3. The monoisotopic (exact) mass is 394 g/mol. The maximum atomic E-state index is 8.78. The van der Waals surface area contributed by atoms with Crippen molar-refractivity contribution in [3.63, 3.8) is 0 Å². The van der Waals surface area contributed by atoms with Gasteiger partial charge in [0.25, 0.3) is 0 Å². The zero-order valence-electron chi connectivity index (χ0n) is 14.9. The number of hydrogen-bond acceptors (Lipinski definition) is 8. The summed E-state index contributed by atoms with van der Waals surface area (Å²) in [6.07, 6.45) is 1.66. The Kier molecular flexibility index (Phi) is 7.46. The molecule has 2 aromatic rings. The molecule has 9 heteroatoms. The highest BCUT2D eigenvalue weighted by Crippen LogP contribution is 2.29. The molecule has 0 aliphatic carbocycles. The van der Waals surface area contributed by atoms with E-state index >= 15 is 0 Å². The molecule has 1 aliphatic heterocycles. The molecule has 2 N–H and O–H groups in total. The van der Waals surface area contributed by atoms with Gasteiger partial charge in [-0.15, -0.1) is 0 Å². The van der Waals surface area contributed by atoms with Crippen LogP contribution in [-0.4, -0.2) is 67.7 Å². The molecule has 1 aromatic carbocycles. The molecule has 146 valence electrons. The zero-order valence-corrected chi connectivity index (χ0v) is 15.7. The lowest BCUT2D eigenvalue weighted by Gasteiger charge is -2.27. The van der Waals surface area contributed by atoms with Gasteiger partial charge in [0.05, 0.1) is 39.2 Å². The lowest BCUT2D eigenvalue weighted by Crippen LogP contribution is -2.37. The van der Waals surface area contributed by atoms with Gasteiger partial charge < -0.3 is 29.5 Å². The Morgan fingerprint density at radius 3 is 2.70 bits per heavy atom. The van der Waals surface area contributed by atoms with E-state index in [0.717, 1.165) is 13.1 Å². The van der Waals surface area contributed by atoms with Gasteiger partial charge in [0.15, 0.2) is 11.6 Å². The molecule has 0 amide bonds. The van der Waals surface area contributed by atoms with Gasteiger partial charge in [-0.3, -0.25) is 0 Å². The molecule has 0 unspecified atom stereocenters. The highest BCUT2D eigenvalue weighted by molar-refractivity contribution is 6.30. The molecule has 0 radical (unpaired) electrons. The number of ether oxygens (including phenoxy) is 3. The van der Waals surface area contributed by atoms with E-state index in [4.69, 9.17) is 30.9 Å². The highest BCUT2D eigenvalue weighted by atomic mass is 35.5. The molecule has 0 spiro atoms. The van der Waals surface area contributed by atoms with Crippen molar-refractivity contribution < 1.29 is 19.3 Å². The molecular weight excluding hydrogens is 372 g/mol. The van der Waals surface area contributed by atoms with Crippen LogP contribution in [0.4, 0.5) is 11.8 Å². The summed E-state index contributed by atoms with van der Waals surface area (Å²) in [5.41, 5.74) is 0. The maximum absolute atomic E-state index is 8.78. The van der Waals surface area contributed by atoms with Gasteiger partial charge in [0.2, 0.25) is 5.95 Å². The van der Waals surface area contributed by atoms with Crippen molar-refractivity contribution in [2.75, 3.05) is 62.9 Å². The highest BCUT2D eigenvalue weighted by Gasteiger charge is 2.17. The number of morpholine rings is 1. The van der Waals surface area contributed by atoms with Gasteiger partial charge in [0.1, 0.15) is 5.75 Å². The van der Waals surface area contributed by atoms with Crippen molar-refractivity contribution in [1.29, 1.82) is 0 Å². The van der Waals surface area contributed by atoms with Crippen LogP contribution in [0.5, 0.6) is 11.5 Å². The summed E-state index contributed by atoms with van der Waals surface area (Å²) >= 11 is 5.92. The van der Waals surface area contributed by atoms with Crippen LogP contribution in [0.1, 0.15) is 0 Å². The van der Waals surface area contributed by atoms with Crippen LogP contribution in [0.25, 0.3) is 0 Å². The second-order valence-electron chi connectivity index (χ2n) is 5.80. The number of aliphatic hydroxyl groups is 1. The van der Waals surface area contributed by atoms with E-state index in [-0.39, 0.29) is 6.61 Å². The van der Waals surface area contributed by atoms with Crippen molar-refractivity contribution in [2.45, 2.75) is 0 Å². The second kappa shape index (κ2) is 10.3. The molecule has 0 saturated carbocycles. The number of rotatable bonds is 9. The number of anilines is 2. The molecule has 1 aliphatic rings. The van der Waals surface area contributed by atoms with Crippen LogP contribution in [0.15, 0.2) is 30.5 Å². The first-order valence-electron chi connectivity index (χ1n) is 8.82. The molecule has 27 heavy (non-hydrogen) atoms. The third kappa shape index (κ3) is 5.93. The first kappa shape index (κ1) is 19.6. The third-order valence-corrected chi connectivity index (χ3v) is 4.10. The molecule has 0 atom stereocenters. The minimum atomic E-state index is -0.000383. The van der Waals surface area contributed by atoms with Crippen molar-refractivity contribution >= 4 is 23.4 Å². The fourth-order valence-corrected chi connectivity index (χ4v) is 2.64. The quantitative estimate of drug-likeness (QED) is 0.625. The van der Waals surface area contributed by atoms with Gasteiger partial charge in [-0.2, -0.15) is 4.98 Å². The van der Waals surface area contributed by atoms with E-state index in [1.54, 1.807) is 30.5 Å². The Morgan fingerprint density at radius 2 is 1.96 bits per heavy atom. The van der Waals surface area contributed by atoms with Crippen LogP contribution in [0.2, 0.25) is 5.02 Å². The smallest absolute Gasteiger partial charge is 0.227 e. The van der Waals surface area contributed by atoms with E-state index in [1.807, 2.05) is 0 Å². The number of halogens is 1. The molecule has 1 aromatic heterocycles. The molecule has 1 saturated heterocycles. The Morgan fingerprint density at radius 1 is 1.19 bits per heavy atom. The lowest BCUT2D eigenvalue weighted by molar-refractivity contribution is 0.0991. The fraction of sp³-hybridized carbons (Fsp3) is 0.444. The first-order chi connectivity index (χ1) is 13.3. The molecule has 8 nitrogen and oxygen atoms in total. The van der Waals surface area contributed by atoms with Crippen LogP contribution in [0, 0.1) is 0 Å². The van der Waals surface area contributed by atoms with Gasteiger partial charge in [-0.25, -0.2) is 4.98 Å². The average Bonchev–Trinajstić information content (AvgIpc) is 2.71. The van der Waals surface area contributed by atoms with Crippen LogP contribution in [-0.2, 0) is 9.47 Å². The minimum absolute atomic E-state index is 0.000383. The third-order valence-electron chi connectivity index (χ3n) is 3.85. The predicted octanol–water partition coefficient (Wildman–Crippen LogP) is 2.18. The Bertz CT molecular complexity index is 711. The van der Waals surface area contributed by atoms with Crippen molar-refractivity contribution in [2.24, 2.45) is 0 Å². The molecule has 1 fully saturated rings. The van der Waals surface area contributed by atoms with Gasteiger partial charge in [-0.1, -0.05) is 11.6 Å². The summed E-state index contributed by atoms with van der Waals surface area (Å²) in [7, 11) is 0. The number of aliphatic hydroxyl groups excluding tert-OH is 1. The summed E-state index contributed by atoms with van der Waals surface area (Å²) in [5, 5.41) is 12.6. The number of aromatic nitrogens is 2. The van der Waals surface area contributed by atoms with E-state index in [2.05, 4.69) is 20.2 Å². The summed E-state index contributed by atoms with van der Waals surface area (Å²) in [6.45, 7) is 4.08. The van der Waals surface area contributed by atoms with Crippen molar-refractivity contribution in [3.05, 3.63) is 35.5 Å². The van der Waals surface area contributed by atoms with E-state index < -0.39 is 0 Å². The van der Waals surface area contributed by atoms with Gasteiger partial charge in [-0.05, 0) is 24.3 Å². The standard InChI is InChI=1S/C18H23ClN4O4/c19-14-1-3-15(4-2-14)27-16-13-21-18(23-6-10-26-11-7-23)22-17(16)20-5-9-25-12-8-24/h1-4,13,24H,5-12H2,(H,20,21,22). The maximum Gasteiger partial charge on any atom is 0.227 e. The summed E-state index contributed by atoms with van der Waals surface area (Å²) < 4.78 is 16.6. The fourth-order valence-electron chi connectivity index (χ4n) is 2.52. The SMILES string of the molecule is OCCOCCNc1nc(N2CCOCC2)ncc1Oc1ccc(Cl)cc1. The minimum Gasteiger partial charge on any atom is -0.452 e. The predicted molar refractivity (Wildman–Crippen MR) is 103 cm³/mol. The first-order valence-corrected chi connectivity index (χ1v) is 9.19. The van der Waals surface area contributed by atoms with E-state index in [1.165, 1.54) is 0 Å². The Hall–Kier alpha value is -2.13. The lowest BCUT2D eigenvalue weighted by atomic mass is 10.3. The number of benzene rings is 1. The second-order valence-corrected chi connectivity index (χ2v) is 6.24. The summed E-state index contributed by atoms with van der Waals surface area (Å²) in [5.74, 6) is 2.35. The Labute approximate surface area is 163 Å². The number of hydrogen-bond donors (Lipinski definition) is 2. The van der Waals surface area contributed by atoms with Crippen molar-refractivity contribution in [1.82, 2.24) is 9.97 Å². The van der Waals surface area contributed by atoms with Gasteiger partial charge in [0, 0.05) is 24.7 Å². The summed E-state index contributed by atoms with van der Waals surface area (Å²) in [6, 6.07) is 7.09. The molecule has 0 bridgehead atoms. The van der Waals surface area contributed by atoms with E-state index in [9.17, 15) is 0 Å². The van der Waals surface area contributed by atoms with Gasteiger partial charge >= 0.3 is 0 Å². The van der Waals surface area contributed by atoms with Crippen LogP contribution in [0.3, 0.4) is 0 Å².